The van der Waals surface area contributed by atoms with Gasteiger partial charge in [-0.25, -0.2) is 4.79 Å². The standard InChI is InChI=1S/C13H16O3/c1-9-7-12(13(15)16-3)8-11(10(9)2)5-4-6-14/h6-8H,4-5H2,1-3H3. The second-order valence-electron chi connectivity index (χ2n) is 3.77. The monoisotopic (exact) mass is 220 g/mol. The van der Waals surface area contributed by atoms with Crippen LogP contribution in [0.25, 0.3) is 0 Å². The highest BCUT2D eigenvalue weighted by Crippen LogP contribution is 2.18. The number of carbonyl (C=O) groups is 2. The van der Waals surface area contributed by atoms with Crippen LogP contribution in [0.1, 0.15) is 33.5 Å². The Bertz CT molecular complexity index is 408. The zero-order valence-corrected chi connectivity index (χ0v) is 9.87. The first kappa shape index (κ1) is 12.4. The average Bonchev–Trinajstić information content (AvgIpc) is 2.29. The maximum absolute atomic E-state index is 11.4. The molecule has 0 aliphatic heterocycles. The summed E-state index contributed by atoms with van der Waals surface area (Å²) in [6, 6.07) is 3.61. The summed E-state index contributed by atoms with van der Waals surface area (Å²) in [5.74, 6) is -0.338. The first-order chi connectivity index (χ1) is 7.60. The molecule has 0 spiro atoms. The summed E-state index contributed by atoms with van der Waals surface area (Å²) < 4.78 is 4.68. The zero-order valence-electron chi connectivity index (χ0n) is 9.87. The predicted octanol–water partition coefficient (Wildman–Crippen LogP) is 2.22. The van der Waals surface area contributed by atoms with Crippen LogP contribution >= 0.6 is 0 Å². The van der Waals surface area contributed by atoms with Gasteiger partial charge < -0.3 is 9.53 Å². The van der Waals surface area contributed by atoms with E-state index in [-0.39, 0.29) is 5.97 Å². The zero-order chi connectivity index (χ0) is 12.1. The van der Waals surface area contributed by atoms with Crippen molar-refractivity contribution < 1.29 is 14.3 Å². The molecule has 0 aliphatic carbocycles. The first-order valence-electron chi connectivity index (χ1n) is 5.22. The molecule has 1 aromatic rings. The van der Waals surface area contributed by atoms with Gasteiger partial charge in [-0.15, -0.1) is 0 Å². The van der Waals surface area contributed by atoms with Crippen molar-refractivity contribution in [3.8, 4) is 0 Å². The van der Waals surface area contributed by atoms with E-state index in [1.165, 1.54) is 7.11 Å². The molecule has 3 nitrogen and oxygen atoms in total. The van der Waals surface area contributed by atoms with Gasteiger partial charge in [0.05, 0.1) is 12.7 Å². The molecule has 16 heavy (non-hydrogen) atoms. The van der Waals surface area contributed by atoms with E-state index in [1.54, 1.807) is 6.07 Å². The van der Waals surface area contributed by atoms with Gasteiger partial charge in [-0.2, -0.15) is 0 Å². The largest absolute Gasteiger partial charge is 0.465 e. The highest BCUT2D eigenvalue weighted by Gasteiger charge is 2.10. The van der Waals surface area contributed by atoms with Crippen molar-refractivity contribution in [1.29, 1.82) is 0 Å². The number of hydrogen-bond acceptors (Lipinski definition) is 3. The van der Waals surface area contributed by atoms with E-state index < -0.39 is 0 Å². The molecule has 0 aliphatic rings. The van der Waals surface area contributed by atoms with E-state index in [4.69, 9.17) is 0 Å². The number of ether oxygens (including phenoxy) is 1. The summed E-state index contributed by atoms with van der Waals surface area (Å²) in [5, 5.41) is 0. The van der Waals surface area contributed by atoms with Crippen LogP contribution < -0.4 is 0 Å². The topological polar surface area (TPSA) is 43.4 Å². The van der Waals surface area contributed by atoms with Crippen LogP contribution in [0.2, 0.25) is 0 Å². The molecule has 0 heterocycles. The third-order valence-electron chi connectivity index (χ3n) is 2.73. The van der Waals surface area contributed by atoms with E-state index in [1.807, 2.05) is 19.9 Å². The minimum absolute atomic E-state index is 0.338. The van der Waals surface area contributed by atoms with Crippen molar-refractivity contribution >= 4 is 12.3 Å². The van der Waals surface area contributed by atoms with Gasteiger partial charge in [0.2, 0.25) is 0 Å². The minimum Gasteiger partial charge on any atom is -0.465 e. The molecule has 0 radical (unpaired) electrons. The van der Waals surface area contributed by atoms with Crippen molar-refractivity contribution in [2.45, 2.75) is 26.7 Å². The second-order valence-corrected chi connectivity index (χ2v) is 3.77. The van der Waals surface area contributed by atoms with Crippen LogP contribution in [0.15, 0.2) is 12.1 Å². The quantitative estimate of drug-likeness (QED) is 0.577. The van der Waals surface area contributed by atoms with Crippen molar-refractivity contribution in [3.05, 3.63) is 34.4 Å². The normalized spacial score (nSPS) is 9.94. The van der Waals surface area contributed by atoms with Crippen LogP contribution in [0.4, 0.5) is 0 Å². The molecule has 0 amide bonds. The van der Waals surface area contributed by atoms with Gasteiger partial charge in [0.15, 0.2) is 0 Å². The van der Waals surface area contributed by atoms with Crippen LogP contribution in [-0.2, 0) is 16.0 Å². The number of aldehydes is 1. The Morgan fingerprint density at radius 3 is 2.62 bits per heavy atom. The van der Waals surface area contributed by atoms with Crippen molar-refractivity contribution in [1.82, 2.24) is 0 Å². The molecule has 1 rings (SSSR count). The van der Waals surface area contributed by atoms with E-state index in [0.717, 1.165) is 23.0 Å². The summed E-state index contributed by atoms with van der Waals surface area (Å²) in [6.45, 7) is 3.95. The summed E-state index contributed by atoms with van der Waals surface area (Å²) in [6.07, 6.45) is 2.03. The van der Waals surface area contributed by atoms with Crippen LogP contribution in [0, 0.1) is 13.8 Å². The van der Waals surface area contributed by atoms with Crippen LogP contribution in [-0.4, -0.2) is 19.4 Å². The molecule has 0 aromatic heterocycles. The summed E-state index contributed by atoms with van der Waals surface area (Å²) in [5.41, 5.74) is 3.76. The van der Waals surface area contributed by atoms with Crippen molar-refractivity contribution in [2.24, 2.45) is 0 Å². The van der Waals surface area contributed by atoms with Gasteiger partial charge in [-0.1, -0.05) is 0 Å². The maximum Gasteiger partial charge on any atom is 0.337 e. The summed E-state index contributed by atoms with van der Waals surface area (Å²) in [7, 11) is 1.36. The fraction of sp³-hybridized carbons (Fsp3) is 0.385. The van der Waals surface area contributed by atoms with E-state index in [0.29, 0.717) is 18.4 Å². The smallest absolute Gasteiger partial charge is 0.337 e. The Morgan fingerprint density at radius 2 is 2.06 bits per heavy atom. The number of esters is 1. The number of carbonyl (C=O) groups excluding carboxylic acids is 2. The van der Waals surface area contributed by atoms with E-state index in [2.05, 4.69) is 4.74 Å². The molecule has 0 atom stereocenters. The average molecular weight is 220 g/mol. The molecule has 3 heteroatoms. The van der Waals surface area contributed by atoms with Gasteiger partial charge in [0.1, 0.15) is 6.29 Å². The Hall–Kier alpha value is -1.64. The fourth-order valence-electron chi connectivity index (χ4n) is 1.64. The van der Waals surface area contributed by atoms with Crippen molar-refractivity contribution in [2.75, 3.05) is 7.11 Å². The first-order valence-corrected chi connectivity index (χ1v) is 5.22. The molecular formula is C13H16O3. The van der Waals surface area contributed by atoms with Gasteiger partial charge in [0.25, 0.3) is 0 Å². The number of methoxy groups -OCH3 is 1. The third-order valence-corrected chi connectivity index (χ3v) is 2.73. The number of aryl methyl sites for hydroxylation is 2. The summed E-state index contributed by atoms with van der Waals surface area (Å²) >= 11 is 0. The van der Waals surface area contributed by atoms with Gasteiger partial charge >= 0.3 is 5.97 Å². The second kappa shape index (κ2) is 5.45. The Morgan fingerprint density at radius 1 is 1.38 bits per heavy atom. The Kier molecular flexibility index (Phi) is 4.23. The Balaban J connectivity index is 3.11. The van der Waals surface area contributed by atoms with E-state index in [9.17, 15) is 9.59 Å². The molecule has 0 bridgehead atoms. The maximum atomic E-state index is 11.4. The van der Waals surface area contributed by atoms with Gasteiger partial charge in [-0.3, -0.25) is 0 Å². The van der Waals surface area contributed by atoms with Crippen LogP contribution in [0.3, 0.4) is 0 Å². The van der Waals surface area contributed by atoms with Crippen molar-refractivity contribution in [3.63, 3.8) is 0 Å². The third kappa shape index (κ3) is 2.69. The predicted molar refractivity (Wildman–Crippen MR) is 61.6 cm³/mol. The van der Waals surface area contributed by atoms with E-state index >= 15 is 0 Å². The number of hydrogen-bond donors (Lipinski definition) is 0. The van der Waals surface area contributed by atoms with Gasteiger partial charge in [-0.05, 0) is 49.1 Å². The lowest BCUT2D eigenvalue weighted by Gasteiger charge is -2.10. The highest BCUT2D eigenvalue weighted by atomic mass is 16.5. The molecule has 0 saturated heterocycles. The fourth-order valence-corrected chi connectivity index (χ4v) is 1.64. The molecule has 0 unspecified atom stereocenters. The SMILES string of the molecule is COC(=O)c1cc(C)c(C)c(CCC=O)c1. The summed E-state index contributed by atoms with van der Waals surface area (Å²) in [4.78, 5) is 21.8. The number of benzene rings is 1. The molecule has 0 N–H and O–H groups in total. The number of rotatable bonds is 4. The lowest BCUT2D eigenvalue weighted by atomic mass is 9.96. The molecule has 0 fully saturated rings. The molecule has 86 valence electrons. The van der Waals surface area contributed by atoms with Gasteiger partial charge in [0, 0.05) is 6.42 Å². The molecule has 1 aromatic carbocycles. The highest BCUT2D eigenvalue weighted by molar-refractivity contribution is 5.90. The molecule has 0 saturated carbocycles. The lowest BCUT2D eigenvalue weighted by molar-refractivity contribution is -0.107. The van der Waals surface area contributed by atoms with Crippen LogP contribution in [0.5, 0.6) is 0 Å². The lowest BCUT2D eigenvalue weighted by Crippen LogP contribution is -2.04. The minimum atomic E-state index is -0.338. The Labute approximate surface area is 95.4 Å². The molecular weight excluding hydrogens is 204 g/mol.